The van der Waals surface area contributed by atoms with Gasteiger partial charge in [-0.1, -0.05) is 201 Å². The van der Waals surface area contributed by atoms with E-state index in [1.54, 1.807) is 0 Å². The Balaban J connectivity index is -0.00000924. The first-order chi connectivity index (χ1) is 21.6. The van der Waals surface area contributed by atoms with Crippen LogP contribution in [0.2, 0.25) is 0 Å². The smallest absolute Gasteiger partial charge is 0.550 e. The van der Waals surface area contributed by atoms with Crippen molar-refractivity contribution >= 4 is 33.5 Å². The molecule has 0 unspecified atom stereocenters. The fourth-order valence-electron chi connectivity index (χ4n) is 5.93. The maximum absolute atomic E-state index is 10.4. The minimum Gasteiger partial charge on any atom is -0.550 e. The van der Waals surface area contributed by atoms with Crippen LogP contribution < -0.4 is 69.3 Å². The van der Waals surface area contributed by atoms with Crippen LogP contribution in [0.5, 0.6) is 0 Å². The molecule has 0 amide bonds. The third-order valence-corrected chi connectivity index (χ3v) is 11.4. The average Bonchev–Trinajstić information content (AvgIpc) is 3.00. The molecule has 0 aliphatic heterocycles. The van der Waals surface area contributed by atoms with Gasteiger partial charge < -0.3 is 19.8 Å². The van der Waals surface area contributed by atoms with Crippen molar-refractivity contribution in [1.29, 1.82) is 0 Å². The topological polar surface area (TPSA) is 80.3 Å². The van der Waals surface area contributed by atoms with Gasteiger partial charge in [-0.15, -0.1) is 0 Å². The second kappa shape index (κ2) is 46.6. The zero-order valence-corrected chi connectivity index (χ0v) is 36.5. The number of hydrogen-bond acceptors (Lipinski definition) is 6. The van der Waals surface area contributed by atoms with Crippen LogP contribution in [-0.4, -0.2) is 23.4 Å². The minimum atomic E-state index is -0.905. The van der Waals surface area contributed by atoms with Crippen molar-refractivity contribution in [3.63, 3.8) is 0 Å². The summed E-state index contributed by atoms with van der Waals surface area (Å²) in [5.41, 5.74) is 0. The van der Waals surface area contributed by atoms with Gasteiger partial charge >= 0.3 is 59.1 Å². The molecular formula is C38H72Na2O4S2. The van der Waals surface area contributed by atoms with Crippen molar-refractivity contribution in [3.05, 3.63) is 0 Å². The average molecular weight is 703 g/mol. The van der Waals surface area contributed by atoms with Crippen LogP contribution >= 0.6 is 21.6 Å². The molecule has 0 aromatic carbocycles. The fourth-order valence-corrected chi connectivity index (χ4v) is 8.22. The number of hydrogen-bond donors (Lipinski definition) is 0. The molecule has 0 saturated heterocycles. The molecular weight excluding hydrogens is 631 g/mol. The summed E-state index contributed by atoms with van der Waals surface area (Å²) in [6.45, 7) is 0. The van der Waals surface area contributed by atoms with E-state index in [9.17, 15) is 19.8 Å². The normalized spacial score (nSPS) is 10.9. The minimum absolute atomic E-state index is 0. The largest absolute Gasteiger partial charge is 1.00 e. The zero-order valence-electron chi connectivity index (χ0n) is 30.9. The summed E-state index contributed by atoms with van der Waals surface area (Å²) in [6.07, 6.45) is 42.5. The molecule has 0 atom stereocenters. The van der Waals surface area contributed by atoms with Crippen molar-refractivity contribution in [3.8, 4) is 0 Å². The Bertz CT molecular complexity index is 549. The predicted octanol–water partition coefficient (Wildman–Crippen LogP) is 5.14. The SMILES string of the molecule is O=C([O-])CCCCCCCCCCCCCCCCCCSSCCCCCCCCCCCCCCCCCCC(=O)[O-].[Na+].[Na+]. The molecule has 4 nitrogen and oxygen atoms in total. The monoisotopic (exact) mass is 702 g/mol. The van der Waals surface area contributed by atoms with Crippen LogP contribution in [-0.2, 0) is 9.59 Å². The molecule has 0 saturated carbocycles. The Morgan fingerprint density at radius 3 is 0.609 bits per heavy atom. The summed E-state index contributed by atoms with van der Waals surface area (Å²) >= 11 is 0. The quantitative estimate of drug-likeness (QED) is 0.0502. The van der Waals surface area contributed by atoms with Gasteiger partial charge in [0.25, 0.3) is 0 Å². The van der Waals surface area contributed by atoms with Crippen LogP contribution in [0.1, 0.15) is 218 Å². The summed E-state index contributed by atoms with van der Waals surface area (Å²) in [5.74, 6) is 0.852. The van der Waals surface area contributed by atoms with Gasteiger partial charge in [0.15, 0.2) is 0 Å². The number of unbranched alkanes of at least 4 members (excludes halogenated alkanes) is 30. The van der Waals surface area contributed by atoms with Crippen LogP contribution in [0, 0.1) is 0 Å². The number of carbonyl (C=O) groups excluding carboxylic acids is 2. The van der Waals surface area contributed by atoms with Crippen LogP contribution in [0.25, 0.3) is 0 Å². The summed E-state index contributed by atoms with van der Waals surface area (Å²) in [5, 5.41) is 20.7. The Labute approximate surface area is 339 Å². The van der Waals surface area contributed by atoms with E-state index in [1.165, 1.54) is 191 Å². The maximum atomic E-state index is 10.4. The van der Waals surface area contributed by atoms with Crippen LogP contribution in [0.3, 0.4) is 0 Å². The number of carboxylic acids is 2. The molecule has 0 bridgehead atoms. The summed E-state index contributed by atoms with van der Waals surface area (Å²) in [6, 6.07) is 0. The summed E-state index contributed by atoms with van der Waals surface area (Å²) in [7, 11) is 4.21. The molecule has 0 fully saturated rings. The van der Waals surface area contributed by atoms with Crippen LogP contribution in [0.15, 0.2) is 0 Å². The molecule has 0 spiro atoms. The predicted molar refractivity (Wildman–Crippen MR) is 192 cm³/mol. The first-order valence-corrected chi connectivity index (χ1v) is 21.8. The van der Waals surface area contributed by atoms with Crippen molar-refractivity contribution in [2.45, 2.75) is 218 Å². The standard InChI is InChI=1S/C38H74O4S2.2Na/c39-37(40)33-29-25-21-17-13-9-5-1-3-7-11-15-19-23-27-31-35-43-44-36-32-28-24-20-16-12-8-4-2-6-10-14-18-22-26-30-34-38(41)42;;/h1-36H2,(H,39,40)(H,41,42);;/q;2*+1/p-2. The summed E-state index contributed by atoms with van der Waals surface area (Å²) < 4.78 is 0. The Morgan fingerprint density at radius 1 is 0.283 bits per heavy atom. The molecule has 0 aliphatic rings. The maximum Gasteiger partial charge on any atom is 1.00 e. The van der Waals surface area contributed by atoms with Gasteiger partial charge in [0, 0.05) is 23.4 Å². The Hall–Kier alpha value is 1.64. The van der Waals surface area contributed by atoms with Gasteiger partial charge in [-0.05, 0) is 38.5 Å². The third kappa shape index (κ3) is 50.0. The molecule has 0 radical (unpaired) electrons. The zero-order chi connectivity index (χ0) is 32.0. The summed E-state index contributed by atoms with van der Waals surface area (Å²) in [4.78, 5) is 20.7. The molecule has 0 N–H and O–H groups in total. The van der Waals surface area contributed by atoms with Crippen molar-refractivity contribution < 1.29 is 78.9 Å². The second-order valence-corrected chi connectivity index (χ2v) is 15.9. The van der Waals surface area contributed by atoms with E-state index < -0.39 is 11.9 Å². The van der Waals surface area contributed by atoms with Gasteiger partial charge in [-0.25, -0.2) is 0 Å². The van der Waals surface area contributed by atoms with Crippen molar-refractivity contribution in [2.75, 3.05) is 11.5 Å². The molecule has 262 valence electrons. The van der Waals surface area contributed by atoms with Crippen molar-refractivity contribution in [1.82, 2.24) is 0 Å². The number of carboxylic acid groups (broad SMARTS) is 2. The molecule has 0 aromatic rings. The van der Waals surface area contributed by atoms with Gasteiger partial charge in [-0.2, -0.15) is 0 Å². The van der Waals surface area contributed by atoms with Gasteiger partial charge in [0.2, 0.25) is 0 Å². The number of rotatable bonds is 39. The van der Waals surface area contributed by atoms with Crippen molar-refractivity contribution in [2.24, 2.45) is 0 Å². The fraction of sp³-hybridized carbons (Fsp3) is 0.947. The van der Waals surface area contributed by atoms with Gasteiger partial charge in [0.05, 0.1) is 0 Å². The van der Waals surface area contributed by atoms with Gasteiger partial charge in [0.1, 0.15) is 0 Å². The first-order valence-electron chi connectivity index (χ1n) is 19.3. The molecule has 0 rings (SSSR count). The Morgan fingerprint density at radius 2 is 0.435 bits per heavy atom. The molecule has 0 heterocycles. The first kappa shape index (κ1) is 52.0. The third-order valence-electron chi connectivity index (χ3n) is 8.80. The van der Waals surface area contributed by atoms with E-state index >= 15 is 0 Å². The molecule has 0 aromatic heterocycles. The Kier molecular flexibility index (Phi) is 52.7. The molecule has 0 aliphatic carbocycles. The second-order valence-electron chi connectivity index (χ2n) is 13.2. The number of aliphatic carboxylic acids is 2. The molecule has 46 heavy (non-hydrogen) atoms. The van der Waals surface area contributed by atoms with E-state index in [4.69, 9.17) is 0 Å². The van der Waals surface area contributed by atoms with E-state index in [2.05, 4.69) is 21.6 Å². The number of carbonyl (C=O) groups is 2. The van der Waals surface area contributed by atoms with Gasteiger partial charge in [-0.3, -0.25) is 0 Å². The molecule has 8 heteroatoms. The van der Waals surface area contributed by atoms with E-state index in [-0.39, 0.29) is 72.0 Å². The van der Waals surface area contributed by atoms with E-state index in [0.29, 0.717) is 0 Å². The van der Waals surface area contributed by atoms with E-state index in [1.807, 2.05) is 0 Å². The van der Waals surface area contributed by atoms with E-state index in [0.717, 1.165) is 25.7 Å². The van der Waals surface area contributed by atoms with Crippen LogP contribution in [0.4, 0.5) is 0 Å².